The molecule has 1 atom stereocenters. The van der Waals surface area contributed by atoms with Gasteiger partial charge < -0.3 is 14.2 Å². The Labute approximate surface area is 148 Å². The number of hydrogen-bond acceptors (Lipinski definition) is 5. The van der Waals surface area contributed by atoms with Crippen molar-refractivity contribution in [2.45, 2.75) is 45.6 Å². The van der Waals surface area contributed by atoms with Gasteiger partial charge in [0.2, 0.25) is 17.6 Å². The fourth-order valence-corrected chi connectivity index (χ4v) is 2.91. The first-order chi connectivity index (χ1) is 12.0. The van der Waals surface area contributed by atoms with Crippen molar-refractivity contribution in [2.75, 3.05) is 19.7 Å². The molecule has 6 nitrogen and oxygen atoms in total. The summed E-state index contributed by atoms with van der Waals surface area (Å²) in [5, 5.41) is 4.03. The van der Waals surface area contributed by atoms with Crippen LogP contribution >= 0.6 is 0 Å². The molecule has 0 bridgehead atoms. The van der Waals surface area contributed by atoms with E-state index >= 15 is 0 Å². The van der Waals surface area contributed by atoms with Gasteiger partial charge in [-0.05, 0) is 18.4 Å². The molecule has 0 saturated carbocycles. The Bertz CT molecular complexity index is 709. The van der Waals surface area contributed by atoms with Gasteiger partial charge in [0.1, 0.15) is 0 Å². The number of benzene rings is 1. The summed E-state index contributed by atoms with van der Waals surface area (Å²) in [5.41, 5.74) is 2.20. The first-order valence-corrected chi connectivity index (χ1v) is 8.85. The summed E-state index contributed by atoms with van der Waals surface area (Å²) in [7, 11) is 0. The molecule has 2 heterocycles. The van der Waals surface area contributed by atoms with E-state index in [4.69, 9.17) is 9.26 Å². The number of carbonyl (C=O) groups is 1. The number of hydrogen-bond donors (Lipinski definition) is 0. The SMILES string of the molecule is CC1CN(C(=O)CCc2nc(-c3ccc(C(C)C)cc3)no2)CCO1. The molecule has 0 N–H and O–H groups in total. The van der Waals surface area contributed by atoms with Crippen LogP contribution < -0.4 is 0 Å². The molecule has 1 aromatic carbocycles. The topological polar surface area (TPSA) is 68.5 Å². The number of aryl methyl sites for hydroxylation is 1. The molecule has 0 aliphatic carbocycles. The zero-order valence-electron chi connectivity index (χ0n) is 15.1. The zero-order valence-corrected chi connectivity index (χ0v) is 15.1. The fraction of sp³-hybridized carbons (Fsp3) is 0.526. The van der Waals surface area contributed by atoms with Gasteiger partial charge in [-0.3, -0.25) is 4.79 Å². The Morgan fingerprint density at radius 1 is 1.32 bits per heavy atom. The molecule has 1 amide bonds. The molecular formula is C19H25N3O3. The quantitative estimate of drug-likeness (QED) is 0.835. The van der Waals surface area contributed by atoms with Gasteiger partial charge in [0.05, 0.1) is 12.7 Å². The maximum atomic E-state index is 12.3. The third-order valence-corrected chi connectivity index (χ3v) is 4.45. The van der Waals surface area contributed by atoms with Crippen LogP contribution in [-0.2, 0) is 16.0 Å². The lowest BCUT2D eigenvalue weighted by Gasteiger charge is -2.31. The van der Waals surface area contributed by atoms with Crippen LogP contribution in [0, 0.1) is 0 Å². The highest BCUT2D eigenvalue weighted by Crippen LogP contribution is 2.21. The predicted octanol–water partition coefficient (Wildman–Crippen LogP) is 3.04. The van der Waals surface area contributed by atoms with Crippen LogP contribution in [0.4, 0.5) is 0 Å². The first kappa shape index (κ1) is 17.6. The Morgan fingerprint density at radius 2 is 2.08 bits per heavy atom. The van der Waals surface area contributed by atoms with Gasteiger partial charge in [0.15, 0.2) is 0 Å². The van der Waals surface area contributed by atoms with Gasteiger partial charge in [-0.25, -0.2) is 0 Å². The Balaban J connectivity index is 1.57. The molecule has 1 aliphatic heterocycles. The van der Waals surface area contributed by atoms with Gasteiger partial charge >= 0.3 is 0 Å². The fourth-order valence-electron chi connectivity index (χ4n) is 2.91. The lowest BCUT2D eigenvalue weighted by atomic mass is 10.0. The number of ether oxygens (including phenoxy) is 1. The summed E-state index contributed by atoms with van der Waals surface area (Å²) in [6, 6.07) is 8.17. The van der Waals surface area contributed by atoms with Crippen molar-refractivity contribution in [1.29, 1.82) is 0 Å². The van der Waals surface area contributed by atoms with E-state index in [0.717, 1.165) is 5.56 Å². The Kier molecular flexibility index (Phi) is 5.48. The monoisotopic (exact) mass is 343 g/mol. The van der Waals surface area contributed by atoms with E-state index in [1.807, 2.05) is 24.0 Å². The average molecular weight is 343 g/mol. The molecule has 25 heavy (non-hydrogen) atoms. The molecule has 134 valence electrons. The van der Waals surface area contributed by atoms with Crippen LogP contribution in [0.1, 0.15) is 44.6 Å². The van der Waals surface area contributed by atoms with Crippen LogP contribution in [-0.4, -0.2) is 46.7 Å². The Hall–Kier alpha value is -2.21. The third-order valence-electron chi connectivity index (χ3n) is 4.45. The minimum atomic E-state index is 0.0986. The van der Waals surface area contributed by atoms with Crippen molar-refractivity contribution in [2.24, 2.45) is 0 Å². The lowest BCUT2D eigenvalue weighted by molar-refractivity contribution is -0.138. The molecule has 1 unspecified atom stereocenters. The van der Waals surface area contributed by atoms with Crippen molar-refractivity contribution in [3.8, 4) is 11.4 Å². The highest BCUT2D eigenvalue weighted by Gasteiger charge is 2.21. The van der Waals surface area contributed by atoms with E-state index in [9.17, 15) is 4.79 Å². The molecule has 1 saturated heterocycles. The maximum absolute atomic E-state index is 12.3. The number of carbonyl (C=O) groups excluding carboxylic acids is 1. The summed E-state index contributed by atoms with van der Waals surface area (Å²) in [4.78, 5) is 18.5. The number of morpholine rings is 1. The summed E-state index contributed by atoms with van der Waals surface area (Å²) in [6.45, 7) is 8.20. The molecule has 1 aliphatic rings. The van der Waals surface area contributed by atoms with Gasteiger partial charge in [0.25, 0.3) is 0 Å². The molecule has 2 aromatic rings. The van der Waals surface area contributed by atoms with Crippen LogP contribution in [0.2, 0.25) is 0 Å². The number of rotatable bonds is 5. The van der Waals surface area contributed by atoms with Crippen LogP contribution in [0.15, 0.2) is 28.8 Å². The second-order valence-electron chi connectivity index (χ2n) is 6.81. The summed E-state index contributed by atoms with van der Waals surface area (Å²) < 4.78 is 10.8. The maximum Gasteiger partial charge on any atom is 0.227 e. The third kappa shape index (κ3) is 4.45. The van der Waals surface area contributed by atoms with Crippen molar-refractivity contribution >= 4 is 5.91 Å². The van der Waals surface area contributed by atoms with Crippen LogP contribution in [0.25, 0.3) is 11.4 Å². The lowest BCUT2D eigenvalue weighted by Crippen LogP contribution is -2.44. The van der Waals surface area contributed by atoms with Gasteiger partial charge in [-0.15, -0.1) is 0 Å². The first-order valence-electron chi connectivity index (χ1n) is 8.85. The van der Waals surface area contributed by atoms with Gasteiger partial charge in [0, 0.05) is 31.5 Å². The van der Waals surface area contributed by atoms with E-state index in [1.54, 1.807) is 0 Å². The van der Waals surface area contributed by atoms with E-state index in [2.05, 4.69) is 36.1 Å². The normalized spacial score (nSPS) is 17.9. The smallest absolute Gasteiger partial charge is 0.227 e. The number of aromatic nitrogens is 2. The number of nitrogens with zero attached hydrogens (tertiary/aromatic N) is 3. The standard InChI is InChI=1S/C19H25N3O3/c1-13(2)15-4-6-16(7-5-15)19-20-17(25-21-19)8-9-18(23)22-10-11-24-14(3)12-22/h4-7,13-14H,8-12H2,1-3H3. The second-order valence-corrected chi connectivity index (χ2v) is 6.81. The van der Waals surface area contributed by atoms with E-state index < -0.39 is 0 Å². The molecular weight excluding hydrogens is 318 g/mol. The van der Waals surface area contributed by atoms with E-state index in [1.165, 1.54) is 5.56 Å². The molecule has 3 rings (SSSR count). The molecule has 0 radical (unpaired) electrons. The zero-order chi connectivity index (χ0) is 17.8. The summed E-state index contributed by atoms with van der Waals surface area (Å²) >= 11 is 0. The average Bonchev–Trinajstić information content (AvgIpc) is 3.08. The summed E-state index contributed by atoms with van der Waals surface area (Å²) in [6.07, 6.45) is 0.934. The van der Waals surface area contributed by atoms with Crippen molar-refractivity contribution in [3.63, 3.8) is 0 Å². The van der Waals surface area contributed by atoms with Crippen molar-refractivity contribution in [1.82, 2.24) is 15.0 Å². The highest BCUT2D eigenvalue weighted by molar-refractivity contribution is 5.76. The molecule has 0 spiro atoms. The van der Waals surface area contributed by atoms with Crippen molar-refractivity contribution in [3.05, 3.63) is 35.7 Å². The second kappa shape index (κ2) is 7.78. The molecule has 1 aromatic heterocycles. The van der Waals surface area contributed by atoms with Gasteiger partial charge in [-0.2, -0.15) is 4.98 Å². The number of amides is 1. The van der Waals surface area contributed by atoms with Crippen molar-refractivity contribution < 1.29 is 14.1 Å². The van der Waals surface area contributed by atoms with E-state index in [0.29, 0.717) is 50.2 Å². The minimum Gasteiger partial charge on any atom is -0.375 e. The van der Waals surface area contributed by atoms with E-state index in [-0.39, 0.29) is 12.0 Å². The predicted molar refractivity (Wildman–Crippen MR) is 94.1 cm³/mol. The largest absolute Gasteiger partial charge is 0.375 e. The van der Waals surface area contributed by atoms with Gasteiger partial charge in [-0.1, -0.05) is 43.3 Å². The highest BCUT2D eigenvalue weighted by atomic mass is 16.5. The molecule has 1 fully saturated rings. The molecule has 6 heteroatoms. The summed E-state index contributed by atoms with van der Waals surface area (Å²) in [5.74, 6) is 1.66. The van der Waals surface area contributed by atoms with Crippen LogP contribution in [0.5, 0.6) is 0 Å². The van der Waals surface area contributed by atoms with Crippen LogP contribution in [0.3, 0.4) is 0 Å². The Morgan fingerprint density at radius 3 is 2.76 bits per heavy atom. The minimum absolute atomic E-state index is 0.0986.